The highest BCUT2D eigenvalue weighted by atomic mass is 16.6. The van der Waals surface area contributed by atoms with Gasteiger partial charge in [-0.05, 0) is 128 Å². The van der Waals surface area contributed by atoms with Crippen molar-refractivity contribution in [2.45, 2.75) is 181 Å². The molecule has 0 heterocycles. The molecule has 0 aliphatic rings. The average Bonchev–Trinajstić information content (AvgIpc) is 3.34. The summed E-state index contributed by atoms with van der Waals surface area (Å²) in [5, 5.41) is 0. The van der Waals surface area contributed by atoms with Crippen LogP contribution in [0.2, 0.25) is 0 Å². The van der Waals surface area contributed by atoms with Gasteiger partial charge < -0.3 is 14.2 Å². The zero-order valence-corrected chi connectivity index (χ0v) is 43.0. The van der Waals surface area contributed by atoms with Crippen molar-refractivity contribution in [1.29, 1.82) is 0 Å². The molecule has 0 saturated carbocycles. The molecule has 68 heavy (non-hydrogen) atoms. The van der Waals surface area contributed by atoms with Gasteiger partial charge in [-0.15, -0.1) is 0 Å². The smallest absolute Gasteiger partial charge is 0.310 e. The van der Waals surface area contributed by atoms with E-state index in [-0.39, 0.29) is 31.6 Å². The Labute approximate surface area is 417 Å². The molecule has 0 N–H and O–H groups in total. The number of rotatable bonds is 45. The Hall–Kier alpha value is -5.00. The van der Waals surface area contributed by atoms with Crippen LogP contribution >= 0.6 is 0 Å². The first-order valence-corrected chi connectivity index (χ1v) is 26.3. The largest absolute Gasteiger partial charge is 0.462 e. The van der Waals surface area contributed by atoms with Crippen molar-refractivity contribution >= 4 is 11.9 Å². The quantitative estimate of drug-likeness (QED) is 0.0346. The van der Waals surface area contributed by atoms with Gasteiger partial charge in [-0.1, -0.05) is 216 Å². The molecule has 5 heteroatoms. The van der Waals surface area contributed by atoms with Gasteiger partial charge in [0, 0.05) is 13.0 Å². The SMILES string of the molecule is CC/C=C\C/C=C\C/C=C\C/C=C\C/C=C\C/C=C\CCCOCC(COC(=O)CCCCCC/C=C\C/C=C\C/C=C\C/C=C\CC)OC(=O)C/C=C\C/C=C\C/C=C\C/C=C\C/C=C\CC. The van der Waals surface area contributed by atoms with Crippen LogP contribution in [0.3, 0.4) is 0 Å². The summed E-state index contributed by atoms with van der Waals surface area (Å²) in [4.78, 5) is 25.4. The average molecular weight is 931 g/mol. The fourth-order valence-corrected chi connectivity index (χ4v) is 6.18. The molecule has 0 amide bonds. The molecule has 0 spiro atoms. The van der Waals surface area contributed by atoms with Crippen molar-refractivity contribution < 1.29 is 23.8 Å². The maximum atomic E-state index is 12.8. The molecule has 1 unspecified atom stereocenters. The Bertz CT molecular complexity index is 1620. The molecule has 5 nitrogen and oxygen atoms in total. The lowest BCUT2D eigenvalue weighted by Gasteiger charge is -2.18. The van der Waals surface area contributed by atoms with Gasteiger partial charge in [-0.3, -0.25) is 9.59 Å². The number of carbonyl (C=O) groups is 2. The first kappa shape index (κ1) is 63.0. The van der Waals surface area contributed by atoms with Crippen LogP contribution in [-0.2, 0) is 23.8 Å². The van der Waals surface area contributed by atoms with Gasteiger partial charge in [0.05, 0.1) is 13.0 Å². The second kappa shape index (κ2) is 56.3. The van der Waals surface area contributed by atoms with E-state index in [0.29, 0.717) is 13.0 Å². The molecule has 0 aliphatic heterocycles. The summed E-state index contributed by atoms with van der Waals surface area (Å²) in [6.07, 6.45) is 86.5. The lowest BCUT2D eigenvalue weighted by Crippen LogP contribution is -2.29. The predicted molar refractivity (Wildman–Crippen MR) is 297 cm³/mol. The third kappa shape index (κ3) is 53.6. The number of hydrogen-bond donors (Lipinski definition) is 0. The highest BCUT2D eigenvalue weighted by Gasteiger charge is 2.17. The van der Waals surface area contributed by atoms with Crippen LogP contribution in [-0.4, -0.2) is 37.9 Å². The molecule has 0 fully saturated rings. The van der Waals surface area contributed by atoms with E-state index in [1.165, 1.54) is 0 Å². The first-order chi connectivity index (χ1) is 33.6. The van der Waals surface area contributed by atoms with Crippen LogP contribution in [0.15, 0.2) is 182 Å². The molecule has 0 aromatic heterocycles. The van der Waals surface area contributed by atoms with E-state index in [1.807, 2.05) is 12.2 Å². The molecular weight excluding hydrogens is 837 g/mol. The summed E-state index contributed by atoms with van der Waals surface area (Å²) >= 11 is 0. The normalized spacial score (nSPS) is 13.8. The predicted octanol–water partition coefficient (Wildman–Crippen LogP) is 18.2. The minimum atomic E-state index is -0.647. The highest BCUT2D eigenvalue weighted by Crippen LogP contribution is 2.09. The molecule has 0 saturated heterocycles. The molecular formula is C63H94O5. The van der Waals surface area contributed by atoms with Crippen LogP contribution in [0, 0.1) is 0 Å². The lowest BCUT2D eigenvalue weighted by atomic mass is 10.1. The Morgan fingerprint density at radius 2 is 0.662 bits per heavy atom. The molecule has 0 rings (SSSR count). The van der Waals surface area contributed by atoms with E-state index >= 15 is 0 Å². The Morgan fingerprint density at radius 3 is 1.04 bits per heavy atom. The van der Waals surface area contributed by atoms with Crippen molar-refractivity contribution in [3.63, 3.8) is 0 Å². The van der Waals surface area contributed by atoms with Crippen LogP contribution < -0.4 is 0 Å². The number of esters is 2. The minimum Gasteiger partial charge on any atom is -0.462 e. The van der Waals surface area contributed by atoms with Gasteiger partial charge in [-0.25, -0.2) is 0 Å². The Balaban J connectivity index is 4.59. The van der Waals surface area contributed by atoms with Crippen LogP contribution in [0.5, 0.6) is 0 Å². The standard InChI is InChI=1S/C63H94O5/c1-4-7-10-13-16-19-22-25-28-30-31-32-34-37-40-43-46-49-52-55-58-66-59-61(68-63(65)57-54-51-48-45-42-39-35-27-24-21-18-15-12-9-6-3)60-67-62(64)56-53-50-47-44-41-38-36-33-29-26-23-20-17-14-11-8-5-2/h7-12,16-21,25-29,31-32,35-38,40,42,45-46,49,51,54,61H,4-6,13-15,22-24,30,33-34,39,41,43-44,47-48,50,52-53,55-60H2,1-3H3/b10-7-,11-8-,12-9-,19-16-,20-17-,21-18-,28-25-,29-26-,32-31-,35-27-,38-36-,40-37-,45-42-,49-46-,54-51-. The molecule has 1 atom stereocenters. The second-order valence-electron chi connectivity index (χ2n) is 16.3. The van der Waals surface area contributed by atoms with Crippen LogP contribution in [0.25, 0.3) is 0 Å². The number of carbonyl (C=O) groups excluding carboxylic acids is 2. The zero-order valence-electron chi connectivity index (χ0n) is 43.0. The van der Waals surface area contributed by atoms with Crippen LogP contribution in [0.1, 0.15) is 175 Å². The van der Waals surface area contributed by atoms with E-state index in [0.717, 1.165) is 141 Å². The molecule has 376 valence electrons. The summed E-state index contributed by atoms with van der Waals surface area (Å²) in [6, 6.07) is 0. The van der Waals surface area contributed by atoms with Gasteiger partial charge >= 0.3 is 11.9 Å². The summed E-state index contributed by atoms with van der Waals surface area (Å²) < 4.78 is 17.2. The van der Waals surface area contributed by atoms with E-state index in [4.69, 9.17) is 14.2 Å². The van der Waals surface area contributed by atoms with Crippen molar-refractivity contribution in [3.8, 4) is 0 Å². The molecule has 0 radical (unpaired) electrons. The van der Waals surface area contributed by atoms with Crippen molar-refractivity contribution in [2.75, 3.05) is 19.8 Å². The monoisotopic (exact) mass is 931 g/mol. The summed E-state index contributed by atoms with van der Waals surface area (Å²) in [5.41, 5.74) is 0. The Kier molecular flexibility index (Phi) is 52.2. The van der Waals surface area contributed by atoms with Gasteiger partial charge in [0.1, 0.15) is 6.61 Å². The lowest BCUT2D eigenvalue weighted by molar-refractivity contribution is -0.162. The van der Waals surface area contributed by atoms with E-state index in [2.05, 4.69) is 191 Å². The highest BCUT2D eigenvalue weighted by molar-refractivity contribution is 5.71. The first-order valence-electron chi connectivity index (χ1n) is 26.3. The fraction of sp³-hybridized carbons (Fsp3) is 0.492. The third-order valence-electron chi connectivity index (χ3n) is 9.95. The van der Waals surface area contributed by atoms with Gasteiger partial charge in [0.2, 0.25) is 0 Å². The summed E-state index contributed by atoms with van der Waals surface area (Å²) in [6.45, 7) is 7.17. The zero-order chi connectivity index (χ0) is 49.2. The third-order valence-corrected chi connectivity index (χ3v) is 9.95. The number of hydrogen-bond acceptors (Lipinski definition) is 5. The van der Waals surface area contributed by atoms with Crippen molar-refractivity contribution in [2.24, 2.45) is 0 Å². The number of unbranched alkanes of at least 4 members (excludes halogenated alkanes) is 5. The Morgan fingerprint density at radius 1 is 0.338 bits per heavy atom. The molecule has 0 bridgehead atoms. The maximum Gasteiger partial charge on any atom is 0.310 e. The summed E-state index contributed by atoms with van der Waals surface area (Å²) in [7, 11) is 0. The second-order valence-corrected chi connectivity index (χ2v) is 16.3. The van der Waals surface area contributed by atoms with E-state index in [1.54, 1.807) is 0 Å². The number of allylic oxidation sites excluding steroid dienone is 29. The maximum absolute atomic E-state index is 12.8. The van der Waals surface area contributed by atoms with Gasteiger partial charge in [0.25, 0.3) is 0 Å². The summed E-state index contributed by atoms with van der Waals surface area (Å²) in [5.74, 6) is -0.622. The fourth-order valence-electron chi connectivity index (χ4n) is 6.18. The molecule has 0 aromatic carbocycles. The molecule has 0 aromatic rings. The van der Waals surface area contributed by atoms with Crippen molar-refractivity contribution in [1.82, 2.24) is 0 Å². The number of ether oxygens (including phenoxy) is 3. The van der Waals surface area contributed by atoms with Gasteiger partial charge in [0.15, 0.2) is 6.10 Å². The van der Waals surface area contributed by atoms with Crippen molar-refractivity contribution in [3.05, 3.63) is 182 Å². The van der Waals surface area contributed by atoms with Crippen LogP contribution in [0.4, 0.5) is 0 Å². The molecule has 0 aliphatic carbocycles. The topological polar surface area (TPSA) is 61.8 Å². The minimum absolute atomic E-state index is 0.00474. The van der Waals surface area contributed by atoms with Gasteiger partial charge in [-0.2, -0.15) is 0 Å². The van der Waals surface area contributed by atoms with E-state index < -0.39 is 6.10 Å². The van der Waals surface area contributed by atoms with E-state index in [9.17, 15) is 9.59 Å².